The van der Waals surface area contributed by atoms with E-state index in [-0.39, 0.29) is 17.2 Å². The maximum atomic E-state index is 13.5. The summed E-state index contributed by atoms with van der Waals surface area (Å²) >= 11 is 1.03. The average Bonchev–Trinajstić information content (AvgIpc) is 3.60. The predicted molar refractivity (Wildman–Crippen MR) is 135 cm³/mol. The Morgan fingerprint density at radius 2 is 1.97 bits per heavy atom. The minimum atomic E-state index is -1.16. The van der Waals surface area contributed by atoms with E-state index in [1.807, 2.05) is 48.0 Å². The van der Waals surface area contributed by atoms with Crippen LogP contribution >= 0.6 is 11.3 Å². The third-order valence-corrected chi connectivity index (χ3v) is 6.83. The largest absolute Gasteiger partial charge is 0.464 e. The Morgan fingerprint density at radius 1 is 1.19 bits per heavy atom. The molecule has 2 aromatic heterocycles. The summed E-state index contributed by atoms with van der Waals surface area (Å²) in [6.45, 7) is 0. The number of carbonyl (C=O) groups is 4. The number of hydrogen-bond donors (Lipinski definition) is 2. The number of nitrogens with zero attached hydrogens (tertiary/aromatic N) is 4. The molecule has 1 unspecified atom stereocenters. The number of urea groups is 1. The van der Waals surface area contributed by atoms with Gasteiger partial charge in [-0.25, -0.2) is 24.5 Å². The van der Waals surface area contributed by atoms with Gasteiger partial charge in [-0.3, -0.25) is 9.59 Å². The normalized spacial score (nSPS) is 16.1. The molecule has 2 atom stereocenters. The SMILES string of the molecule is COC(=O)c1csc(NC(=O)[C@H](Cc2ccccc2)N2C(=O)NC(c3ccc4c(c3)ncn4C)C2=O)n1. The monoisotopic (exact) mass is 518 g/mol. The first kappa shape index (κ1) is 24.1. The zero-order valence-electron chi connectivity index (χ0n) is 19.9. The van der Waals surface area contributed by atoms with E-state index in [2.05, 4.69) is 25.3 Å². The first-order valence-corrected chi connectivity index (χ1v) is 12.2. The molecule has 12 heteroatoms. The summed E-state index contributed by atoms with van der Waals surface area (Å²) in [5.74, 6) is -1.80. The molecule has 37 heavy (non-hydrogen) atoms. The third-order valence-electron chi connectivity index (χ3n) is 6.07. The van der Waals surface area contributed by atoms with Crippen molar-refractivity contribution in [2.45, 2.75) is 18.5 Å². The fraction of sp³-hybridized carbons (Fsp3) is 0.200. The standard InChI is InChI=1S/C25H22N6O5S/c1-30-13-26-16-11-15(8-9-18(16)30)20-22(33)31(25(35)28-20)19(10-14-6-4-3-5-7-14)21(32)29-24-27-17(12-37-24)23(34)36-2/h3-9,11-13,19-20H,10H2,1-2H3,(H,28,35)(H,27,29,32)/t19-,20?/m0/s1. The van der Waals surface area contributed by atoms with Gasteiger partial charge in [0, 0.05) is 18.8 Å². The van der Waals surface area contributed by atoms with Crippen molar-refractivity contribution < 1.29 is 23.9 Å². The highest BCUT2D eigenvalue weighted by atomic mass is 32.1. The number of imide groups is 1. The molecule has 11 nitrogen and oxygen atoms in total. The maximum Gasteiger partial charge on any atom is 0.357 e. The van der Waals surface area contributed by atoms with Gasteiger partial charge in [-0.15, -0.1) is 11.3 Å². The van der Waals surface area contributed by atoms with E-state index in [1.165, 1.54) is 12.5 Å². The summed E-state index contributed by atoms with van der Waals surface area (Å²) in [6.07, 6.45) is 1.76. The van der Waals surface area contributed by atoms with E-state index in [4.69, 9.17) is 0 Å². The number of benzene rings is 2. The zero-order chi connectivity index (χ0) is 26.1. The number of nitrogens with one attached hydrogen (secondary N) is 2. The van der Waals surface area contributed by atoms with Crippen molar-refractivity contribution in [2.75, 3.05) is 12.4 Å². The van der Waals surface area contributed by atoms with Crippen molar-refractivity contribution in [3.8, 4) is 0 Å². The number of fused-ring (bicyclic) bond motifs is 1. The molecule has 0 radical (unpaired) electrons. The summed E-state index contributed by atoms with van der Waals surface area (Å²) in [6, 6.07) is 11.6. The van der Waals surface area contributed by atoms with Crippen LogP contribution in [0.1, 0.15) is 27.7 Å². The highest BCUT2D eigenvalue weighted by Crippen LogP contribution is 2.28. The second kappa shape index (κ2) is 9.82. The number of methoxy groups -OCH3 is 1. The van der Waals surface area contributed by atoms with Crippen molar-refractivity contribution in [1.82, 2.24) is 24.8 Å². The van der Waals surface area contributed by atoms with Crippen LogP contribution in [0.2, 0.25) is 0 Å². The van der Waals surface area contributed by atoms with Gasteiger partial charge in [0.25, 0.3) is 5.91 Å². The number of thiazole rings is 1. The number of ether oxygens (including phenoxy) is 1. The molecule has 4 aromatic rings. The minimum absolute atomic E-state index is 0.0439. The van der Waals surface area contributed by atoms with Gasteiger partial charge in [0.1, 0.15) is 12.1 Å². The van der Waals surface area contributed by atoms with Crippen molar-refractivity contribution in [3.63, 3.8) is 0 Å². The summed E-state index contributed by atoms with van der Waals surface area (Å²) in [7, 11) is 3.10. The highest BCUT2D eigenvalue weighted by Gasteiger charge is 2.45. The number of carbonyl (C=O) groups excluding carboxylic acids is 4. The lowest BCUT2D eigenvalue weighted by Gasteiger charge is -2.24. The Bertz CT molecular complexity index is 1510. The summed E-state index contributed by atoms with van der Waals surface area (Å²) in [5.41, 5.74) is 2.93. The lowest BCUT2D eigenvalue weighted by Crippen LogP contribution is -2.49. The third kappa shape index (κ3) is 4.66. The molecule has 188 valence electrons. The molecule has 0 aliphatic carbocycles. The molecule has 4 amide bonds. The van der Waals surface area contributed by atoms with E-state index < -0.39 is 35.9 Å². The number of aryl methyl sites for hydroxylation is 1. The van der Waals surface area contributed by atoms with Crippen LogP contribution in [0.4, 0.5) is 9.93 Å². The van der Waals surface area contributed by atoms with Crippen LogP contribution in [0.5, 0.6) is 0 Å². The van der Waals surface area contributed by atoms with E-state index >= 15 is 0 Å². The second-order valence-electron chi connectivity index (χ2n) is 8.42. The van der Waals surface area contributed by atoms with Gasteiger partial charge in [0.05, 0.1) is 24.5 Å². The molecule has 3 heterocycles. The van der Waals surface area contributed by atoms with Crippen LogP contribution in [0.3, 0.4) is 0 Å². The van der Waals surface area contributed by atoms with Crippen molar-refractivity contribution in [2.24, 2.45) is 7.05 Å². The fourth-order valence-corrected chi connectivity index (χ4v) is 4.89. The number of rotatable bonds is 7. The molecule has 2 N–H and O–H groups in total. The molecule has 0 bridgehead atoms. The molecule has 1 aliphatic heterocycles. The van der Waals surface area contributed by atoms with Gasteiger partial charge < -0.3 is 19.9 Å². The Morgan fingerprint density at radius 3 is 2.73 bits per heavy atom. The van der Waals surface area contributed by atoms with Crippen LogP contribution in [0.15, 0.2) is 60.2 Å². The van der Waals surface area contributed by atoms with E-state index in [1.54, 1.807) is 18.5 Å². The quantitative estimate of drug-likeness (QED) is 0.284. The molecule has 1 fully saturated rings. The number of anilines is 1. The van der Waals surface area contributed by atoms with Gasteiger partial charge in [-0.05, 0) is 23.3 Å². The Kier molecular flexibility index (Phi) is 6.40. The molecular formula is C25H22N6O5S. The van der Waals surface area contributed by atoms with Crippen molar-refractivity contribution in [3.05, 3.63) is 77.1 Å². The van der Waals surface area contributed by atoms with Crippen LogP contribution in [0, 0.1) is 0 Å². The summed E-state index contributed by atoms with van der Waals surface area (Å²) < 4.78 is 6.51. The molecule has 1 saturated heterocycles. The lowest BCUT2D eigenvalue weighted by molar-refractivity contribution is -0.134. The Balaban J connectivity index is 1.43. The van der Waals surface area contributed by atoms with Gasteiger partial charge in [0.15, 0.2) is 10.8 Å². The molecule has 1 aliphatic rings. The minimum Gasteiger partial charge on any atom is -0.464 e. The second-order valence-corrected chi connectivity index (χ2v) is 9.28. The number of amides is 4. The van der Waals surface area contributed by atoms with E-state index in [0.717, 1.165) is 27.3 Å². The van der Waals surface area contributed by atoms with Crippen LogP contribution in [0.25, 0.3) is 11.0 Å². The zero-order valence-corrected chi connectivity index (χ0v) is 20.7. The number of aromatic nitrogens is 3. The van der Waals surface area contributed by atoms with Gasteiger partial charge >= 0.3 is 12.0 Å². The molecule has 2 aromatic carbocycles. The molecular weight excluding hydrogens is 496 g/mol. The summed E-state index contributed by atoms with van der Waals surface area (Å²) in [4.78, 5) is 61.1. The first-order chi connectivity index (χ1) is 17.9. The van der Waals surface area contributed by atoms with E-state index in [9.17, 15) is 19.2 Å². The van der Waals surface area contributed by atoms with Crippen molar-refractivity contribution >= 4 is 51.3 Å². The maximum absolute atomic E-state index is 13.5. The van der Waals surface area contributed by atoms with Crippen molar-refractivity contribution in [1.29, 1.82) is 0 Å². The Hall–Kier alpha value is -4.58. The number of imidazole rings is 1. The number of esters is 1. The average molecular weight is 519 g/mol. The van der Waals surface area contributed by atoms with Crippen LogP contribution in [-0.4, -0.2) is 56.4 Å². The predicted octanol–water partition coefficient (Wildman–Crippen LogP) is 2.66. The molecule has 0 saturated carbocycles. The fourth-order valence-electron chi connectivity index (χ4n) is 4.20. The lowest BCUT2D eigenvalue weighted by atomic mass is 10.0. The molecule has 0 spiro atoms. The van der Waals surface area contributed by atoms with Gasteiger partial charge in [-0.1, -0.05) is 36.4 Å². The van der Waals surface area contributed by atoms with Gasteiger partial charge in [0.2, 0.25) is 5.91 Å². The first-order valence-electron chi connectivity index (χ1n) is 11.3. The van der Waals surface area contributed by atoms with Gasteiger partial charge in [-0.2, -0.15) is 0 Å². The topological polar surface area (TPSA) is 136 Å². The van der Waals surface area contributed by atoms with Crippen LogP contribution in [-0.2, 0) is 27.8 Å². The Labute approximate surface area is 215 Å². The highest BCUT2D eigenvalue weighted by molar-refractivity contribution is 7.14. The molecule has 5 rings (SSSR count). The smallest absolute Gasteiger partial charge is 0.357 e. The number of hydrogen-bond acceptors (Lipinski definition) is 8. The van der Waals surface area contributed by atoms with Crippen LogP contribution < -0.4 is 10.6 Å². The van der Waals surface area contributed by atoms with E-state index in [0.29, 0.717) is 11.1 Å². The summed E-state index contributed by atoms with van der Waals surface area (Å²) in [5, 5.41) is 6.93.